The fourth-order valence-corrected chi connectivity index (χ4v) is 5.46. The minimum Gasteiger partial charge on any atom is -0.472 e. The number of pyridine rings is 2. The largest absolute Gasteiger partial charge is 0.472 e. The third-order valence-corrected chi connectivity index (χ3v) is 7.72. The van der Waals surface area contributed by atoms with Gasteiger partial charge in [0.15, 0.2) is 0 Å². The highest BCUT2D eigenvalue weighted by atomic mass is 19.1. The van der Waals surface area contributed by atoms with Crippen molar-refractivity contribution < 1.29 is 23.3 Å². The minimum absolute atomic E-state index is 0.00391. The number of H-pyrrole nitrogens is 1. The molecule has 0 aromatic carbocycles. The summed E-state index contributed by atoms with van der Waals surface area (Å²) in [6, 6.07) is 6.15. The highest BCUT2D eigenvalue weighted by molar-refractivity contribution is 5.79. The average Bonchev–Trinajstić information content (AvgIpc) is 3.68. The van der Waals surface area contributed by atoms with Crippen molar-refractivity contribution in [2.75, 3.05) is 26.4 Å². The summed E-state index contributed by atoms with van der Waals surface area (Å²) in [5.41, 5.74) is 2.64. The molecule has 4 aromatic heterocycles. The van der Waals surface area contributed by atoms with Gasteiger partial charge in [0.2, 0.25) is 11.8 Å². The van der Waals surface area contributed by atoms with Gasteiger partial charge in [-0.3, -0.25) is 0 Å². The second-order valence-electron chi connectivity index (χ2n) is 12.4. The van der Waals surface area contributed by atoms with Crippen molar-refractivity contribution >= 4 is 22.1 Å². The van der Waals surface area contributed by atoms with Crippen LogP contribution >= 0.6 is 0 Å². The zero-order chi connectivity index (χ0) is 27.4. The van der Waals surface area contributed by atoms with Gasteiger partial charge < -0.3 is 28.5 Å². The topological polar surface area (TPSA) is 83.4 Å². The first-order valence-electron chi connectivity index (χ1n) is 13.8. The minimum atomic E-state index is -0.462. The first-order valence-corrected chi connectivity index (χ1v) is 13.8. The third-order valence-electron chi connectivity index (χ3n) is 7.72. The molecule has 6 heterocycles. The number of nitrogens with zero attached hydrogens (tertiary/aromatic N) is 3. The van der Waals surface area contributed by atoms with Gasteiger partial charge in [-0.1, -0.05) is 34.6 Å². The van der Waals surface area contributed by atoms with Gasteiger partial charge in [-0.15, -0.1) is 0 Å². The summed E-state index contributed by atoms with van der Waals surface area (Å²) in [4.78, 5) is 12.7. The van der Waals surface area contributed by atoms with Crippen molar-refractivity contribution in [2.24, 2.45) is 0 Å². The summed E-state index contributed by atoms with van der Waals surface area (Å²) in [6.07, 6.45) is 4.98. The smallest absolute Gasteiger partial charge is 0.219 e. The van der Waals surface area contributed by atoms with Crippen LogP contribution in [0.4, 0.5) is 4.39 Å². The molecule has 2 aliphatic heterocycles. The first kappa shape index (κ1) is 26.1. The summed E-state index contributed by atoms with van der Waals surface area (Å²) in [5.74, 6) is 0.839. The van der Waals surface area contributed by atoms with Crippen LogP contribution in [0, 0.1) is 5.82 Å². The van der Waals surface area contributed by atoms with Crippen LogP contribution in [-0.4, -0.2) is 58.2 Å². The molecule has 0 amide bonds. The van der Waals surface area contributed by atoms with Gasteiger partial charge in [0, 0.05) is 53.7 Å². The second kappa shape index (κ2) is 9.78. The molecule has 208 valence electrons. The van der Waals surface area contributed by atoms with Gasteiger partial charge in [-0.25, -0.2) is 4.39 Å². The van der Waals surface area contributed by atoms with Crippen molar-refractivity contribution in [3.8, 4) is 11.8 Å². The van der Waals surface area contributed by atoms with Gasteiger partial charge in [0.1, 0.15) is 29.3 Å². The van der Waals surface area contributed by atoms with E-state index in [9.17, 15) is 4.39 Å². The number of hydrogen-bond acceptors (Lipinski definition) is 6. The van der Waals surface area contributed by atoms with E-state index in [0.717, 1.165) is 35.0 Å². The number of ether oxygens (including phenoxy) is 4. The zero-order valence-electron chi connectivity index (χ0n) is 23.3. The predicted molar refractivity (Wildman–Crippen MR) is 147 cm³/mol. The summed E-state index contributed by atoms with van der Waals surface area (Å²) in [5, 5.41) is 1.50. The molecule has 2 unspecified atom stereocenters. The molecule has 2 fully saturated rings. The van der Waals surface area contributed by atoms with Crippen molar-refractivity contribution in [1.82, 2.24) is 19.5 Å². The van der Waals surface area contributed by atoms with E-state index < -0.39 is 5.41 Å². The van der Waals surface area contributed by atoms with Crippen LogP contribution in [0.2, 0.25) is 0 Å². The van der Waals surface area contributed by atoms with Crippen LogP contribution in [0.5, 0.6) is 11.8 Å². The molecule has 0 aliphatic carbocycles. The van der Waals surface area contributed by atoms with Crippen LogP contribution in [0.15, 0.2) is 30.6 Å². The Morgan fingerprint density at radius 2 is 1.64 bits per heavy atom. The number of halogens is 1. The maximum atomic E-state index is 14.6. The summed E-state index contributed by atoms with van der Waals surface area (Å²) in [6.45, 7) is 13.8. The average molecular weight is 537 g/mol. The van der Waals surface area contributed by atoms with E-state index in [0.29, 0.717) is 55.8 Å². The molecule has 0 radical (unpaired) electrons. The predicted octanol–water partition coefficient (Wildman–Crippen LogP) is 5.66. The van der Waals surface area contributed by atoms with Gasteiger partial charge >= 0.3 is 0 Å². The Kier molecular flexibility index (Phi) is 6.54. The summed E-state index contributed by atoms with van der Waals surface area (Å²) in [7, 11) is 0. The number of hydrogen-bond donors (Lipinski definition) is 1. The molecule has 0 saturated carbocycles. The Hall–Kier alpha value is -3.17. The number of aromatic amines is 1. The fourth-order valence-electron chi connectivity index (χ4n) is 5.46. The molecule has 0 spiro atoms. The van der Waals surface area contributed by atoms with E-state index in [2.05, 4.69) is 62.5 Å². The Morgan fingerprint density at radius 1 is 0.974 bits per heavy atom. The van der Waals surface area contributed by atoms with Crippen molar-refractivity contribution in [3.63, 3.8) is 0 Å². The lowest BCUT2D eigenvalue weighted by atomic mass is 9.84. The Morgan fingerprint density at radius 3 is 2.26 bits per heavy atom. The SMILES string of the molecule is CC(C)(C)c1cc2ccn(CC(C)(C)c3cc4c(F)c[nH]c4nc3OC3CCOC3)c2nc1OC1CCOC1. The standard InChI is InChI=1S/C30H37FN4O4/c1-29(2,3)22-12-18-6-9-35(26(18)34-27(22)38-19-7-10-36-15-19)17-30(4,5)23-13-21-24(31)14-32-25(21)33-28(23)39-20-8-11-37-16-20/h6,9,12-14,19-20H,7-8,10-11,15-17H2,1-5H3,(H,32,33). The quantitative estimate of drug-likeness (QED) is 0.328. The first-order chi connectivity index (χ1) is 18.6. The van der Waals surface area contributed by atoms with E-state index in [4.69, 9.17) is 28.9 Å². The molecule has 4 aromatic rings. The lowest BCUT2D eigenvalue weighted by Crippen LogP contribution is -2.27. The molecule has 6 rings (SSSR count). The zero-order valence-corrected chi connectivity index (χ0v) is 23.3. The highest BCUT2D eigenvalue weighted by Crippen LogP contribution is 2.38. The van der Waals surface area contributed by atoms with E-state index in [1.165, 1.54) is 6.20 Å². The maximum absolute atomic E-state index is 14.6. The van der Waals surface area contributed by atoms with E-state index >= 15 is 0 Å². The van der Waals surface area contributed by atoms with Gasteiger partial charge in [0.25, 0.3) is 0 Å². The van der Waals surface area contributed by atoms with Crippen molar-refractivity contribution in [3.05, 3.63) is 47.5 Å². The van der Waals surface area contributed by atoms with Gasteiger partial charge in [-0.05, 0) is 23.6 Å². The summed E-state index contributed by atoms with van der Waals surface area (Å²) < 4.78 is 40.5. The van der Waals surface area contributed by atoms with E-state index in [1.807, 2.05) is 6.07 Å². The molecule has 8 nitrogen and oxygen atoms in total. The van der Waals surface area contributed by atoms with Gasteiger partial charge in [0.05, 0.1) is 31.8 Å². The second-order valence-corrected chi connectivity index (χ2v) is 12.4. The molecule has 39 heavy (non-hydrogen) atoms. The Balaban J connectivity index is 1.39. The van der Waals surface area contributed by atoms with Crippen LogP contribution in [-0.2, 0) is 26.8 Å². The molecule has 2 atom stereocenters. The maximum Gasteiger partial charge on any atom is 0.219 e. The number of aromatic nitrogens is 4. The number of nitrogens with one attached hydrogen (secondary N) is 1. The molecule has 9 heteroatoms. The molecule has 2 saturated heterocycles. The van der Waals surface area contributed by atoms with Crippen molar-refractivity contribution in [1.29, 1.82) is 0 Å². The lowest BCUT2D eigenvalue weighted by Gasteiger charge is -2.29. The normalized spacial score (nSPS) is 20.4. The van der Waals surface area contributed by atoms with Crippen LogP contribution in [0.1, 0.15) is 58.6 Å². The number of rotatable bonds is 7. The highest BCUT2D eigenvalue weighted by Gasteiger charge is 2.31. The fraction of sp³-hybridized carbons (Fsp3) is 0.533. The molecule has 1 N–H and O–H groups in total. The van der Waals surface area contributed by atoms with Crippen LogP contribution < -0.4 is 9.47 Å². The van der Waals surface area contributed by atoms with E-state index in [-0.39, 0.29) is 23.4 Å². The lowest BCUT2D eigenvalue weighted by molar-refractivity contribution is 0.136. The number of fused-ring (bicyclic) bond motifs is 2. The van der Waals surface area contributed by atoms with Crippen LogP contribution in [0.25, 0.3) is 22.1 Å². The summed E-state index contributed by atoms with van der Waals surface area (Å²) >= 11 is 0. The molecular weight excluding hydrogens is 499 g/mol. The molecule has 2 aliphatic rings. The van der Waals surface area contributed by atoms with Gasteiger partial charge in [-0.2, -0.15) is 9.97 Å². The van der Waals surface area contributed by atoms with E-state index in [1.54, 1.807) is 0 Å². The molecule has 0 bridgehead atoms. The van der Waals surface area contributed by atoms with Crippen molar-refractivity contribution in [2.45, 2.75) is 77.0 Å². The monoisotopic (exact) mass is 536 g/mol. The van der Waals surface area contributed by atoms with Crippen LogP contribution in [0.3, 0.4) is 0 Å². The molecular formula is C30H37FN4O4. The Labute approximate surface area is 227 Å². The Bertz CT molecular complexity index is 1490. The third kappa shape index (κ3) is 5.10.